The molecule has 0 saturated carbocycles. The van der Waals surface area contributed by atoms with Crippen LogP contribution in [0.25, 0.3) is 0 Å². The van der Waals surface area contributed by atoms with Gasteiger partial charge in [0.2, 0.25) is 0 Å². The van der Waals surface area contributed by atoms with E-state index in [-0.39, 0.29) is 0 Å². The number of ether oxygens (including phenoxy) is 1. The highest BCUT2D eigenvalue weighted by molar-refractivity contribution is 4.74. The molecule has 0 aromatic heterocycles. The van der Waals surface area contributed by atoms with Crippen LogP contribution in [0.4, 0.5) is 0 Å². The van der Waals surface area contributed by atoms with Crippen molar-refractivity contribution in [2.75, 3.05) is 33.3 Å². The van der Waals surface area contributed by atoms with Gasteiger partial charge in [0.05, 0.1) is 12.7 Å². The van der Waals surface area contributed by atoms with Gasteiger partial charge in [0, 0.05) is 12.6 Å². The molecule has 1 aliphatic heterocycles. The van der Waals surface area contributed by atoms with E-state index in [9.17, 15) is 0 Å². The molecule has 0 spiro atoms. The van der Waals surface area contributed by atoms with E-state index in [1.807, 2.05) is 0 Å². The van der Waals surface area contributed by atoms with Crippen LogP contribution in [0.15, 0.2) is 0 Å². The standard InChI is InChI=1S/C13H28N2O/c1-12(2)16-11-9-14-8-7-13-6-4-5-10-15(13)3/h12-14H,4-11H2,1-3H3. The first kappa shape index (κ1) is 13.9. The Labute approximate surface area is 101 Å². The Balaban J connectivity index is 1.94. The van der Waals surface area contributed by atoms with Crippen LogP contribution < -0.4 is 5.32 Å². The van der Waals surface area contributed by atoms with Crippen LogP contribution in [0, 0.1) is 0 Å². The fraction of sp³-hybridized carbons (Fsp3) is 1.00. The Morgan fingerprint density at radius 2 is 2.12 bits per heavy atom. The van der Waals surface area contributed by atoms with Crippen molar-refractivity contribution in [3.8, 4) is 0 Å². The lowest BCUT2D eigenvalue weighted by atomic mass is 10.0. The van der Waals surface area contributed by atoms with E-state index in [4.69, 9.17) is 4.74 Å². The SMILES string of the molecule is CC(C)OCCNCCC1CCCCN1C. The summed E-state index contributed by atoms with van der Waals surface area (Å²) in [4.78, 5) is 2.51. The molecule has 0 amide bonds. The average Bonchev–Trinajstić information content (AvgIpc) is 2.25. The largest absolute Gasteiger partial charge is 0.377 e. The summed E-state index contributed by atoms with van der Waals surface area (Å²) in [5, 5.41) is 3.46. The topological polar surface area (TPSA) is 24.5 Å². The minimum atomic E-state index is 0.353. The van der Waals surface area contributed by atoms with E-state index < -0.39 is 0 Å². The third-order valence-electron chi connectivity index (χ3n) is 3.31. The van der Waals surface area contributed by atoms with Gasteiger partial charge in [0.25, 0.3) is 0 Å². The molecule has 1 saturated heterocycles. The van der Waals surface area contributed by atoms with Crippen LogP contribution in [0.1, 0.15) is 39.5 Å². The highest BCUT2D eigenvalue weighted by Crippen LogP contribution is 2.16. The van der Waals surface area contributed by atoms with Gasteiger partial charge >= 0.3 is 0 Å². The van der Waals surface area contributed by atoms with Crippen molar-refractivity contribution in [2.45, 2.75) is 51.7 Å². The summed E-state index contributed by atoms with van der Waals surface area (Å²) in [7, 11) is 2.26. The minimum absolute atomic E-state index is 0.353. The predicted molar refractivity (Wildman–Crippen MR) is 68.8 cm³/mol. The Morgan fingerprint density at radius 1 is 1.31 bits per heavy atom. The lowest BCUT2D eigenvalue weighted by Gasteiger charge is -2.32. The van der Waals surface area contributed by atoms with Gasteiger partial charge in [-0.05, 0) is 53.2 Å². The van der Waals surface area contributed by atoms with Gasteiger partial charge in [-0.25, -0.2) is 0 Å². The number of nitrogens with one attached hydrogen (secondary N) is 1. The fourth-order valence-electron chi connectivity index (χ4n) is 2.27. The number of likely N-dealkylation sites (tertiary alicyclic amines) is 1. The van der Waals surface area contributed by atoms with Crippen molar-refractivity contribution in [1.82, 2.24) is 10.2 Å². The first-order valence-electron chi connectivity index (χ1n) is 6.72. The second-order valence-corrected chi connectivity index (χ2v) is 5.09. The molecule has 0 radical (unpaired) electrons. The molecule has 96 valence electrons. The average molecular weight is 228 g/mol. The van der Waals surface area contributed by atoms with Crippen LogP contribution >= 0.6 is 0 Å². The zero-order valence-corrected chi connectivity index (χ0v) is 11.2. The molecule has 1 atom stereocenters. The van der Waals surface area contributed by atoms with E-state index >= 15 is 0 Å². The lowest BCUT2D eigenvalue weighted by molar-refractivity contribution is 0.0803. The summed E-state index contributed by atoms with van der Waals surface area (Å²) < 4.78 is 5.48. The van der Waals surface area contributed by atoms with Gasteiger partial charge in [-0.2, -0.15) is 0 Å². The number of rotatable bonds is 7. The fourth-order valence-corrected chi connectivity index (χ4v) is 2.27. The summed E-state index contributed by atoms with van der Waals surface area (Å²) in [6.45, 7) is 8.37. The van der Waals surface area contributed by atoms with Crippen LogP contribution in [-0.4, -0.2) is 50.3 Å². The summed E-state index contributed by atoms with van der Waals surface area (Å²) in [6, 6.07) is 0.798. The van der Waals surface area contributed by atoms with E-state index in [0.29, 0.717) is 6.10 Å². The Kier molecular flexibility index (Phi) is 7.01. The molecule has 1 fully saturated rings. The van der Waals surface area contributed by atoms with Crippen LogP contribution in [0.5, 0.6) is 0 Å². The maximum atomic E-state index is 5.48. The zero-order valence-electron chi connectivity index (χ0n) is 11.2. The van der Waals surface area contributed by atoms with Crippen molar-refractivity contribution in [1.29, 1.82) is 0 Å². The van der Waals surface area contributed by atoms with Gasteiger partial charge in [-0.15, -0.1) is 0 Å². The van der Waals surface area contributed by atoms with Crippen molar-refractivity contribution < 1.29 is 4.74 Å². The molecule has 1 rings (SSSR count). The number of nitrogens with zero attached hydrogens (tertiary/aromatic N) is 1. The molecular formula is C13H28N2O. The van der Waals surface area contributed by atoms with E-state index in [0.717, 1.165) is 25.7 Å². The summed E-state index contributed by atoms with van der Waals surface area (Å²) in [6.07, 6.45) is 5.79. The summed E-state index contributed by atoms with van der Waals surface area (Å²) in [5.41, 5.74) is 0. The van der Waals surface area contributed by atoms with E-state index in [2.05, 4.69) is 31.1 Å². The van der Waals surface area contributed by atoms with Gasteiger partial charge in [0.1, 0.15) is 0 Å². The number of hydrogen-bond donors (Lipinski definition) is 1. The molecule has 1 heterocycles. The Hall–Kier alpha value is -0.120. The third-order valence-corrected chi connectivity index (χ3v) is 3.31. The molecule has 3 nitrogen and oxygen atoms in total. The zero-order chi connectivity index (χ0) is 11.8. The molecule has 1 aliphatic rings. The van der Waals surface area contributed by atoms with Crippen molar-refractivity contribution >= 4 is 0 Å². The maximum absolute atomic E-state index is 5.48. The molecule has 3 heteroatoms. The normalized spacial score (nSPS) is 22.9. The lowest BCUT2D eigenvalue weighted by Crippen LogP contribution is -2.38. The molecular weight excluding hydrogens is 200 g/mol. The molecule has 0 bridgehead atoms. The Morgan fingerprint density at radius 3 is 2.81 bits per heavy atom. The maximum Gasteiger partial charge on any atom is 0.0594 e. The number of hydrogen-bond acceptors (Lipinski definition) is 3. The van der Waals surface area contributed by atoms with Gasteiger partial charge in [-0.3, -0.25) is 0 Å². The quantitative estimate of drug-likeness (QED) is 0.673. The molecule has 0 aromatic rings. The van der Waals surface area contributed by atoms with Crippen LogP contribution in [0.2, 0.25) is 0 Å². The van der Waals surface area contributed by atoms with Crippen LogP contribution in [-0.2, 0) is 4.74 Å². The van der Waals surface area contributed by atoms with E-state index in [1.54, 1.807) is 0 Å². The van der Waals surface area contributed by atoms with Gasteiger partial charge in [-0.1, -0.05) is 6.42 Å². The second kappa shape index (κ2) is 8.04. The van der Waals surface area contributed by atoms with Gasteiger partial charge in [0.15, 0.2) is 0 Å². The van der Waals surface area contributed by atoms with Crippen molar-refractivity contribution in [2.24, 2.45) is 0 Å². The van der Waals surface area contributed by atoms with Crippen LogP contribution in [0.3, 0.4) is 0 Å². The second-order valence-electron chi connectivity index (χ2n) is 5.09. The Bertz CT molecular complexity index is 173. The summed E-state index contributed by atoms with van der Waals surface area (Å²) in [5.74, 6) is 0. The highest BCUT2D eigenvalue weighted by atomic mass is 16.5. The van der Waals surface area contributed by atoms with E-state index in [1.165, 1.54) is 32.2 Å². The first-order valence-corrected chi connectivity index (χ1v) is 6.72. The van der Waals surface area contributed by atoms with Crippen molar-refractivity contribution in [3.05, 3.63) is 0 Å². The van der Waals surface area contributed by atoms with Crippen molar-refractivity contribution in [3.63, 3.8) is 0 Å². The molecule has 0 aromatic carbocycles. The molecule has 0 aliphatic carbocycles. The molecule has 1 unspecified atom stereocenters. The van der Waals surface area contributed by atoms with Gasteiger partial charge < -0.3 is 15.0 Å². The minimum Gasteiger partial charge on any atom is -0.377 e. The smallest absolute Gasteiger partial charge is 0.0594 e. The highest BCUT2D eigenvalue weighted by Gasteiger charge is 2.17. The molecule has 16 heavy (non-hydrogen) atoms. The first-order chi connectivity index (χ1) is 7.70. The monoisotopic (exact) mass is 228 g/mol. The predicted octanol–water partition coefficient (Wildman–Crippen LogP) is 1.88. The number of piperidine rings is 1. The summed E-state index contributed by atoms with van der Waals surface area (Å²) >= 11 is 0. The molecule has 1 N–H and O–H groups in total. The third kappa shape index (κ3) is 5.83.